The SMILES string of the molecule is CC1(C)CCCN(C(=O)Cc2ccc(N)cn2)C1C(=O)O. The fourth-order valence-electron chi connectivity index (χ4n) is 2.93. The Bertz CT molecular complexity index is 540. The number of likely N-dealkylation sites (tertiary alicyclic amines) is 1. The summed E-state index contributed by atoms with van der Waals surface area (Å²) in [6, 6.07) is 2.59. The van der Waals surface area contributed by atoms with Crippen LogP contribution in [0.3, 0.4) is 0 Å². The van der Waals surface area contributed by atoms with Gasteiger partial charge in [-0.1, -0.05) is 13.8 Å². The van der Waals surface area contributed by atoms with Gasteiger partial charge in [0, 0.05) is 12.2 Å². The number of hydrogen-bond acceptors (Lipinski definition) is 4. The van der Waals surface area contributed by atoms with E-state index in [0.29, 0.717) is 17.9 Å². The van der Waals surface area contributed by atoms with Gasteiger partial charge in [0.1, 0.15) is 6.04 Å². The number of hydrogen-bond donors (Lipinski definition) is 2. The van der Waals surface area contributed by atoms with Gasteiger partial charge in [-0.25, -0.2) is 4.79 Å². The molecule has 1 unspecified atom stereocenters. The highest BCUT2D eigenvalue weighted by Crippen LogP contribution is 2.35. The first-order valence-corrected chi connectivity index (χ1v) is 7.04. The van der Waals surface area contributed by atoms with E-state index in [1.165, 1.54) is 11.1 Å². The number of aliphatic carboxylic acids is 1. The molecule has 1 aromatic heterocycles. The molecule has 3 N–H and O–H groups in total. The third-order valence-corrected chi connectivity index (χ3v) is 4.01. The Morgan fingerprint density at radius 1 is 1.48 bits per heavy atom. The van der Waals surface area contributed by atoms with Crippen molar-refractivity contribution in [3.8, 4) is 0 Å². The minimum atomic E-state index is -0.946. The molecule has 0 saturated carbocycles. The zero-order valence-electron chi connectivity index (χ0n) is 12.4. The molecule has 114 valence electrons. The number of rotatable bonds is 3. The minimum absolute atomic E-state index is 0.0974. The molecule has 1 aliphatic heterocycles. The van der Waals surface area contributed by atoms with Gasteiger partial charge in [-0.2, -0.15) is 0 Å². The molecule has 2 heterocycles. The Morgan fingerprint density at radius 3 is 2.76 bits per heavy atom. The van der Waals surface area contributed by atoms with Crippen LogP contribution in [0.2, 0.25) is 0 Å². The Morgan fingerprint density at radius 2 is 2.19 bits per heavy atom. The monoisotopic (exact) mass is 291 g/mol. The molecule has 0 aromatic carbocycles. The number of anilines is 1. The molecule has 1 atom stereocenters. The fraction of sp³-hybridized carbons (Fsp3) is 0.533. The topological polar surface area (TPSA) is 96.5 Å². The van der Waals surface area contributed by atoms with Crippen molar-refractivity contribution >= 4 is 17.6 Å². The van der Waals surface area contributed by atoms with Gasteiger partial charge in [0.15, 0.2) is 0 Å². The molecule has 21 heavy (non-hydrogen) atoms. The summed E-state index contributed by atoms with van der Waals surface area (Å²) in [7, 11) is 0. The first-order valence-electron chi connectivity index (χ1n) is 7.04. The van der Waals surface area contributed by atoms with Crippen LogP contribution in [-0.4, -0.2) is 39.5 Å². The Hall–Kier alpha value is -2.11. The number of aromatic nitrogens is 1. The third-order valence-electron chi connectivity index (χ3n) is 4.01. The Balaban J connectivity index is 2.16. The van der Waals surface area contributed by atoms with Gasteiger partial charge >= 0.3 is 5.97 Å². The number of amides is 1. The molecule has 6 nitrogen and oxygen atoms in total. The van der Waals surface area contributed by atoms with Crippen molar-refractivity contribution < 1.29 is 14.7 Å². The van der Waals surface area contributed by atoms with Crippen molar-refractivity contribution in [2.75, 3.05) is 12.3 Å². The second-order valence-electron chi connectivity index (χ2n) is 6.18. The zero-order chi connectivity index (χ0) is 15.6. The molecule has 1 saturated heterocycles. The van der Waals surface area contributed by atoms with Gasteiger partial charge < -0.3 is 15.7 Å². The van der Waals surface area contributed by atoms with E-state index in [0.717, 1.165) is 12.8 Å². The van der Waals surface area contributed by atoms with Gasteiger partial charge in [-0.3, -0.25) is 9.78 Å². The molecule has 6 heteroatoms. The van der Waals surface area contributed by atoms with Crippen molar-refractivity contribution in [2.24, 2.45) is 5.41 Å². The predicted molar refractivity (Wildman–Crippen MR) is 78.5 cm³/mol. The molecule has 1 aromatic rings. The van der Waals surface area contributed by atoms with Gasteiger partial charge in [-0.05, 0) is 30.4 Å². The first kappa shape index (κ1) is 15.3. The van der Waals surface area contributed by atoms with Gasteiger partial charge in [0.05, 0.1) is 18.3 Å². The molecule has 0 radical (unpaired) electrons. The fourth-order valence-corrected chi connectivity index (χ4v) is 2.93. The van der Waals surface area contributed by atoms with E-state index in [4.69, 9.17) is 5.73 Å². The lowest BCUT2D eigenvalue weighted by Crippen LogP contribution is -2.56. The lowest BCUT2D eigenvalue weighted by atomic mass is 9.76. The van der Waals surface area contributed by atoms with Crippen LogP contribution in [0.5, 0.6) is 0 Å². The average molecular weight is 291 g/mol. The summed E-state index contributed by atoms with van der Waals surface area (Å²) in [6.07, 6.45) is 3.21. The maximum atomic E-state index is 12.4. The van der Waals surface area contributed by atoms with Crippen LogP contribution in [0.1, 0.15) is 32.4 Å². The number of nitrogens with two attached hydrogens (primary N) is 1. The quantitative estimate of drug-likeness (QED) is 0.875. The molecule has 1 aliphatic rings. The molecule has 1 amide bonds. The molecular weight excluding hydrogens is 270 g/mol. The number of nitrogens with zero attached hydrogens (tertiary/aromatic N) is 2. The van der Waals surface area contributed by atoms with E-state index in [-0.39, 0.29) is 12.3 Å². The van der Waals surface area contributed by atoms with Crippen molar-refractivity contribution in [3.05, 3.63) is 24.0 Å². The second-order valence-corrected chi connectivity index (χ2v) is 6.18. The summed E-state index contributed by atoms with van der Waals surface area (Å²) in [4.78, 5) is 29.6. The largest absolute Gasteiger partial charge is 0.480 e. The van der Waals surface area contributed by atoms with Crippen LogP contribution in [-0.2, 0) is 16.0 Å². The zero-order valence-corrected chi connectivity index (χ0v) is 12.4. The number of carbonyl (C=O) groups excluding carboxylic acids is 1. The minimum Gasteiger partial charge on any atom is -0.480 e. The van der Waals surface area contributed by atoms with E-state index >= 15 is 0 Å². The van der Waals surface area contributed by atoms with Crippen molar-refractivity contribution in [2.45, 2.75) is 39.2 Å². The maximum Gasteiger partial charge on any atom is 0.326 e. The van der Waals surface area contributed by atoms with Crippen molar-refractivity contribution in [1.82, 2.24) is 9.88 Å². The van der Waals surface area contributed by atoms with Gasteiger partial charge in [-0.15, -0.1) is 0 Å². The standard InChI is InChI=1S/C15H21N3O3/c1-15(2)6-3-7-18(13(15)14(20)21)12(19)8-11-5-4-10(16)9-17-11/h4-5,9,13H,3,6-8,16H2,1-2H3,(H,20,21). The number of pyridine rings is 1. The van der Waals surface area contributed by atoms with E-state index in [2.05, 4.69) is 4.98 Å². The van der Waals surface area contributed by atoms with Crippen LogP contribution >= 0.6 is 0 Å². The highest BCUT2D eigenvalue weighted by molar-refractivity contribution is 5.85. The smallest absolute Gasteiger partial charge is 0.326 e. The first-order chi connectivity index (χ1) is 9.81. The number of nitrogen functional groups attached to an aromatic ring is 1. The van der Waals surface area contributed by atoms with E-state index in [1.54, 1.807) is 12.1 Å². The second kappa shape index (κ2) is 5.71. The normalized spacial score (nSPS) is 21.0. The lowest BCUT2D eigenvalue weighted by molar-refractivity contribution is -0.158. The highest BCUT2D eigenvalue weighted by atomic mass is 16.4. The number of carbonyl (C=O) groups is 2. The van der Waals surface area contributed by atoms with E-state index < -0.39 is 17.4 Å². The summed E-state index contributed by atoms with van der Waals surface area (Å²) in [5.74, 6) is -1.15. The summed E-state index contributed by atoms with van der Waals surface area (Å²) < 4.78 is 0. The molecule has 0 bridgehead atoms. The van der Waals surface area contributed by atoms with Crippen LogP contribution in [0.25, 0.3) is 0 Å². The van der Waals surface area contributed by atoms with Gasteiger partial charge in [0.25, 0.3) is 0 Å². The molecule has 2 rings (SSSR count). The van der Waals surface area contributed by atoms with Crippen LogP contribution in [0, 0.1) is 5.41 Å². The van der Waals surface area contributed by atoms with E-state index in [9.17, 15) is 14.7 Å². The summed E-state index contributed by atoms with van der Waals surface area (Å²) >= 11 is 0. The number of carboxylic acid groups (broad SMARTS) is 1. The molecule has 0 spiro atoms. The number of carboxylic acids is 1. The average Bonchev–Trinajstić information content (AvgIpc) is 2.39. The summed E-state index contributed by atoms with van der Waals surface area (Å²) in [5, 5.41) is 9.47. The lowest BCUT2D eigenvalue weighted by Gasteiger charge is -2.44. The predicted octanol–water partition coefficient (Wildman–Crippen LogP) is 1.31. The van der Waals surface area contributed by atoms with Crippen molar-refractivity contribution in [1.29, 1.82) is 0 Å². The van der Waals surface area contributed by atoms with Crippen molar-refractivity contribution in [3.63, 3.8) is 0 Å². The Labute approximate surface area is 124 Å². The van der Waals surface area contributed by atoms with Crippen LogP contribution < -0.4 is 5.73 Å². The highest BCUT2D eigenvalue weighted by Gasteiger charge is 2.44. The van der Waals surface area contributed by atoms with Gasteiger partial charge in [0.2, 0.25) is 5.91 Å². The summed E-state index contributed by atoms with van der Waals surface area (Å²) in [5.41, 5.74) is 6.27. The Kier molecular flexibility index (Phi) is 4.16. The maximum absolute atomic E-state index is 12.4. The van der Waals surface area contributed by atoms with E-state index in [1.807, 2.05) is 13.8 Å². The third kappa shape index (κ3) is 3.32. The molecular formula is C15H21N3O3. The summed E-state index contributed by atoms with van der Waals surface area (Å²) in [6.45, 7) is 4.27. The molecule has 1 fully saturated rings. The van der Waals surface area contributed by atoms with Crippen LogP contribution in [0.15, 0.2) is 18.3 Å². The molecule has 0 aliphatic carbocycles. The number of piperidine rings is 1. The van der Waals surface area contributed by atoms with Crippen LogP contribution in [0.4, 0.5) is 5.69 Å².